The number of nitrogens with one attached hydrogen (secondary N) is 1. The Morgan fingerprint density at radius 3 is 3.04 bits per heavy atom. The number of anilines is 2. The number of hydrogen-bond acceptors (Lipinski definition) is 6. The molecule has 1 N–H and O–H groups in total. The summed E-state index contributed by atoms with van der Waals surface area (Å²) in [5.41, 5.74) is 1.38. The summed E-state index contributed by atoms with van der Waals surface area (Å²) >= 11 is 6.13. The lowest BCUT2D eigenvalue weighted by Gasteiger charge is -2.13. The molecule has 130 valence electrons. The van der Waals surface area contributed by atoms with Crippen molar-refractivity contribution in [3.05, 3.63) is 35.6 Å². The minimum atomic E-state index is -0.851. The van der Waals surface area contributed by atoms with Gasteiger partial charge in [0.15, 0.2) is 22.7 Å². The number of para-hydroxylation sites is 1. The van der Waals surface area contributed by atoms with Crippen molar-refractivity contribution in [1.29, 1.82) is 0 Å². The fraction of sp³-hybridized carbons (Fsp3) is 0.312. The van der Waals surface area contributed by atoms with Gasteiger partial charge in [-0.2, -0.15) is 14.4 Å². The van der Waals surface area contributed by atoms with Crippen LogP contribution < -0.4 is 10.1 Å². The average Bonchev–Trinajstić information content (AvgIpc) is 3.24. The molecule has 1 fully saturated rings. The van der Waals surface area contributed by atoms with E-state index in [2.05, 4.69) is 20.3 Å². The van der Waals surface area contributed by atoms with Crippen LogP contribution in [0, 0.1) is 6.08 Å². The van der Waals surface area contributed by atoms with Gasteiger partial charge >= 0.3 is 6.08 Å². The predicted octanol–water partition coefficient (Wildman–Crippen LogP) is 3.68. The Morgan fingerprint density at radius 2 is 2.28 bits per heavy atom. The molecule has 1 saturated heterocycles. The zero-order valence-corrected chi connectivity index (χ0v) is 14.1. The van der Waals surface area contributed by atoms with E-state index in [1.807, 2.05) is 0 Å². The second-order valence-electron chi connectivity index (χ2n) is 5.58. The number of aromatic nitrogens is 4. The molecule has 4 rings (SSSR count). The highest BCUT2D eigenvalue weighted by Crippen LogP contribution is 2.35. The van der Waals surface area contributed by atoms with E-state index < -0.39 is 6.08 Å². The van der Waals surface area contributed by atoms with Crippen molar-refractivity contribution in [2.24, 2.45) is 0 Å². The van der Waals surface area contributed by atoms with Gasteiger partial charge in [-0.1, -0.05) is 17.7 Å². The second-order valence-corrected chi connectivity index (χ2v) is 5.99. The van der Waals surface area contributed by atoms with Gasteiger partial charge in [-0.3, -0.25) is 4.57 Å². The van der Waals surface area contributed by atoms with Crippen LogP contribution in [0.4, 0.5) is 15.9 Å². The average molecular weight is 364 g/mol. The highest BCUT2D eigenvalue weighted by atomic mass is 35.5. The van der Waals surface area contributed by atoms with Crippen LogP contribution in [0.1, 0.15) is 19.1 Å². The van der Waals surface area contributed by atoms with Crippen molar-refractivity contribution in [3.63, 3.8) is 0 Å². The molecule has 0 amide bonds. The summed E-state index contributed by atoms with van der Waals surface area (Å²) in [7, 11) is 1.51. The molecule has 25 heavy (non-hydrogen) atoms. The van der Waals surface area contributed by atoms with Crippen LogP contribution in [0.15, 0.2) is 24.5 Å². The smallest absolute Gasteiger partial charge is 0.312 e. The van der Waals surface area contributed by atoms with Gasteiger partial charge in [-0.25, -0.2) is 4.98 Å². The van der Waals surface area contributed by atoms with Gasteiger partial charge in [0.2, 0.25) is 0 Å². The Bertz CT molecular complexity index is 926. The van der Waals surface area contributed by atoms with Crippen LogP contribution in [-0.2, 0) is 4.74 Å². The Labute approximate surface area is 147 Å². The third kappa shape index (κ3) is 2.87. The molecular weight excluding hydrogens is 349 g/mol. The van der Waals surface area contributed by atoms with Crippen LogP contribution >= 0.6 is 11.6 Å². The molecule has 1 aliphatic heterocycles. The van der Waals surface area contributed by atoms with Crippen LogP contribution in [0.25, 0.3) is 11.2 Å². The van der Waals surface area contributed by atoms with E-state index in [0.717, 1.165) is 12.8 Å². The zero-order chi connectivity index (χ0) is 17.4. The molecule has 7 nitrogen and oxygen atoms in total. The van der Waals surface area contributed by atoms with Crippen molar-refractivity contribution < 1.29 is 13.9 Å². The lowest BCUT2D eigenvalue weighted by Crippen LogP contribution is -2.08. The van der Waals surface area contributed by atoms with E-state index in [1.54, 1.807) is 29.1 Å². The van der Waals surface area contributed by atoms with E-state index >= 15 is 0 Å². The van der Waals surface area contributed by atoms with E-state index in [9.17, 15) is 4.39 Å². The largest absolute Gasteiger partial charge is 0.493 e. The quantitative estimate of drug-likeness (QED) is 0.713. The fourth-order valence-electron chi connectivity index (χ4n) is 2.91. The minimum Gasteiger partial charge on any atom is -0.493 e. The van der Waals surface area contributed by atoms with Crippen LogP contribution in [-0.4, -0.2) is 33.2 Å². The maximum absolute atomic E-state index is 14.0. The molecular formula is C16H15ClFN5O2. The third-order valence-corrected chi connectivity index (χ3v) is 4.33. The molecule has 3 aromatic rings. The Morgan fingerprint density at radius 1 is 1.40 bits per heavy atom. The van der Waals surface area contributed by atoms with E-state index in [-0.39, 0.29) is 12.0 Å². The number of fused-ring (bicyclic) bond motifs is 1. The molecule has 0 bridgehead atoms. The summed E-state index contributed by atoms with van der Waals surface area (Å²) in [6.07, 6.45) is 2.34. The molecule has 1 aromatic carbocycles. The van der Waals surface area contributed by atoms with Crippen molar-refractivity contribution in [2.45, 2.75) is 19.1 Å². The van der Waals surface area contributed by atoms with Gasteiger partial charge in [0.05, 0.1) is 24.1 Å². The first kappa shape index (κ1) is 16.0. The first-order valence-electron chi connectivity index (χ1n) is 7.78. The normalized spacial score (nSPS) is 17.2. The molecule has 9 heteroatoms. The fourth-order valence-corrected chi connectivity index (χ4v) is 3.16. The van der Waals surface area contributed by atoms with Gasteiger partial charge in [0.25, 0.3) is 0 Å². The van der Waals surface area contributed by atoms with Gasteiger partial charge in [-0.15, -0.1) is 0 Å². The van der Waals surface area contributed by atoms with Crippen molar-refractivity contribution in [1.82, 2.24) is 19.5 Å². The summed E-state index contributed by atoms with van der Waals surface area (Å²) in [5.74, 6) is 0.676. The molecule has 3 heterocycles. The second kappa shape index (κ2) is 6.45. The number of nitrogens with zero attached hydrogens (tertiary/aromatic N) is 4. The number of halogens is 2. The van der Waals surface area contributed by atoms with Crippen molar-refractivity contribution >= 4 is 34.3 Å². The summed E-state index contributed by atoms with van der Waals surface area (Å²) in [6.45, 7) is 0.669. The number of imidazole rings is 1. The minimum absolute atomic E-state index is 0.187. The molecule has 1 atom stereocenters. The zero-order valence-electron chi connectivity index (χ0n) is 13.4. The van der Waals surface area contributed by atoms with E-state index in [4.69, 9.17) is 21.1 Å². The van der Waals surface area contributed by atoms with E-state index in [0.29, 0.717) is 34.2 Å². The number of benzene rings is 1. The van der Waals surface area contributed by atoms with Crippen LogP contribution in [0.3, 0.4) is 0 Å². The molecule has 0 radical (unpaired) electrons. The van der Waals surface area contributed by atoms with E-state index in [1.165, 1.54) is 7.11 Å². The maximum atomic E-state index is 14.0. The standard InChI is InChI=1S/C16H15ClFN5O2/c1-24-13-9(17)4-2-5-10(13)20-14-12-15(22-16(18)21-14)23(8-19-12)11-6-3-7-25-11/h2,4-5,8,11H,3,6-7H2,1H3,(H,20,21,22). The SMILES string of the molecule is COc1c(Cl)cccc1Nc1nc(F)nc2c1ncn2C1CCCO1. The van der Waals surface area contributed by atoms with Gasteiger partial charge in [0, 0.05) is 6.61 Å². The molecule has 2 aromatic heterocycles. The van der Waals surface area contributed by atoms with Gasteiger partial charge < -0.3 is 14.8 Å². The Kier molecular flexibility index (Phi) is 4.14. The van der Waals surface area contributed by atoms with Crippen LogP contribution in [0.5, 0.6) is 5.75 Å². The molecule has 0 saturated carbocycles. The number of methoxy groups -OCH3 is 1. The van der Waals surface area contributed by atoms with Crippen molar-refractivity contribution in [3.8, 4) is 5.75 Å². The summed E-state index contributed by atoms with van der Waals surface area (Å²) in [5, 5.41) is 3.47. The van der Waals surface area contributed by atoms with Gasteiger partial charge in [0.1, 0.15) is 6.23 Å². The molecule has 1 unspecified atom stereocenters. The maximum Gasteiger partial charge on any atom is 0.312 e. The highest BCUT2D eigenvalue weighted by molar-refractivity contribution is 6.32. The van der Waals surface area contributed by atoms with Crippen molar-refractivity contribution in [2.75, 3.05) is 19.0 Å². The summed E-state index contributed by atoms with van der Waals surface area (Å²) in [4.78, 5) is 12.1. The molecule has 0 aliphatic carbocycles. The third-order valence-electron chi connectivity index (χ3n) is 4.03. The topological polar surface area (TPSA) is 74.1 Å². The number of ether oxygens (including phenoxy) is 2. The van der Waals surface area contributed by atoms with Gasteiger partial charge in [-0.05, 0) is 25.0 Å². The Hall–Kier alpha value is -2.45. The molecule has 1 aliphatic rings. The summed E-state index contributed by atoms with van der Waals surface area (Å²) in [6, 6.07) is 5.22. The molecule has 0 spiro atoms. The Balaban J connectivity index is 1.79. The predicted molar refractivity (Wildman–Crippen MR) is 90.8 cm³/mol. The number of hydrogen-bond donors (Lipinski definition) is 1. The summed E-state index contributed by atoms with van der Waals surface area (Å²) < 4.78 is 26.7. The van der Waals surface area contributed by atoms with Crippen LogP contribution in [0.2, 0.25) is 5.02 Å². The number of rotatable bonds is 4. The first-order valence-corrected chi connectivity index (χ1v) is 8.16. The lowest BCUT2D eigenvalue weighted by molar-refractivity contribution is 0.0592. The lowest BCUT2D eigenvalue weighted by atomic mass is 10.3. The monoisotopic (exact) mass is 363 g/mol. The highest BCUT2D eigenvalue weighted by Gasteiger charge is 2.23. The first-order chi connectivity index (χ1) is 12.2.